The summed E-state index contributed by atoms with van der Waals surface area (Å²) in [6.45, 7) is 3.81. The van der Waals surface area contributed by atoms with Crippen molar-refractivity contribution in [3.05, 3.63) is 58.3 Å². The van der Waals surface area contributed by atoms with Crippen LogP contribution in [0.3, 0.4) is 0 Å². The van der Waals surface area contributed by atoms with E-state index in [-0.39, 0.29) is 11.8 Å². The SMILES string of the molecule is O=C(NCCc1ccccc1)C1CCN(Cc2cccs2)CC1. The number of piperidine rings is 1. The Kier molecular flexibility index (Phi) is 5.83. The number of carbonyl (C=O) groups excluding carboxylic acids is 1. The van der Waals surface area contributed by atoms with Gasteiger partial charge in [-0.1, -0.05) is 36.4 Å². The smallest absolute Gasteiger partial charge is 0.223 e. The molecule has 1 aromatic carbocycles. The van der Waals surface area contributed by atoms with Gasteiger partial charge in [-0.05, 0) is 49.4 Å². The molecule has 1 aliphatic heterocycles. The van der Waals surface area contributed by atoms with Crippen LogP contribution in [0.4, 0.5) is 0 Å². The first kappa shape index (κ1) is 16.2. The van der Waals surface area contributed by atoms with Gasteiger partial charge < -0.3 is 5.32 Å². The maximum Gasteiger partial charge on any atom is 0.223 e. The summed E-state index contributed by atoms with van der Waals surface area (Å²) in [5.41, 5.74) is 1.28. The molecule has 3 nitrogen and oxygen atoms in total. The van der Waals surface area contributed by atoms with Crippen molar-refractivity contribution in [1.82, 2.24) is 10.2 Å². The summed E-state index contributed by atoms with van der Waals surface area (Å²) >= 11 is 1.81. The molecule has 0 bridgehead atoms. The molecule has 1 N–H and O–H groups in total. The lowest BCUT2D eigenvalue weighted by molar-refractivity contribution is -0.126. The number of nitrogens with one attached hydrogen (secondary N) is 1. The first-order valence-corrected chi connectivity index (χ1v) is 9.25. The van der Waals surface area contributed by atoms with E-state index >= 15 is 0 Å². The van der Waals surface area contributed by atoms with E-state index in [1.807, 2.05) is 29.5 Å². The van der Waals surface area contributed by atoms with Gasteiger partial charge in [0.1, 0.15) is 0 Å². The Morgan fingerprint density at radius 3 is 2.61 bits per heavy atom. The highest BCUT2D eigenvalue weighted by molar-refractivity contribution is 7.09. The molecule has 3 rings (SSSR count). The number of rotatable bonds is 6. The van der Waals surface area contributed by atoms with Crippen molar-refractivity contribution < 1.29 is 4.79 Å². The van der Waals surface area contributed by atoms with Crippen LogP contribution in [0.2, 0.25) is 0 Å². The third kappa shape index (κ3) is 4.91. The van der Waals surface area contributed by atoms with Crippen LogP contribution >= 0.6 is 11.3 Å². The predicted octanol–water partition coefficient (Wildman–Crippen LogP) is 3.32. The van der Waals surface area contributed by atoms with Crippen molar-refractivity contribution in [2.75, 3.05) is 19.6 Å². The van der Waals surface area contributed by atoms with E-state index in [9.17, 15) is 4.79 Å². The van der Waals surface area contributed by atoms with Gasteiger partial charge in [-0.2, -0.15) is 0 Å². The third-order valence-electron chi connectivity index (χ3n) is 4.47. The molecule has 1 amide bonds. The normalized spacial score (nSPS) is 16.3. The Labute approximate surface area is 142 Å². The quantitative estimate of drug-likeness (QED) is 0.882. The lowest BCUT2D eigenvalue weighted by Gasteiger charge is -2.30. The van der Waals surface area contributed by atoms with Gasteiger partial charge >= 0.3 is 0 Å². The molecule has 1 fully saturated rings. The van der Waals surface area contributed by atoms with Gasteiger partial charge in [-0.3, -0.25) is 9.69 Å². The topological polar surface area (TPSA) is 32.3 Å². The summed E-state index contributed by atoms with van der Waals surface area (Å²) in [6.07, 6.45) is 2.86. The van der Waals surface area contributed by atoms with Crippen molar-refractivity contribution in [1.29, 1.82) is 0 Å². The molecule has 0 saturated carbocycles. The molecule has 0 aliphatic carbocycles. The van der Waals surface area contributed by atoms with Crippen LogP contribution in [0.25, 0.3) is 0 Å². The number of hydrogen-bond donors (Lipinski definition) is 1. The molecule has 4 heteroatoms. The summed E-state index contributed by atoms with van der Waals surface area (Å²) in [6, 6.07) is 14.6. The van der Waals surface area contributed by atoms with Gasteiger partial charge in [0.25, 0.3) is 0 Å². The number of carbonyl (C=O) groups is 1. The molecular weight excluding hydrogens is 304 g/mol. The van der Waals surface area contributed by atoms with E-state index in [0.717, 1.165) is 45.4 Å². The zero-order valence-electron chi connectivity index (χ0n) is 13.4. The molecule has 1 aliphatic rings. The van der Waals surface area contributed by atoms with Gasteiger partial charge in [0.05, 0.1) is 0 Å². The Bertz CT molecular complexity index is 589. The molecule has 0 spiro atoms. The van der Waals surface area contributed by atoms with Crippen molar-refractivity contribution >= 4 is 17.2 Å². The van der Waals surface area contributed by atoms with Crippen molar-refractivity contribution in [3.8, 4) is 0 Å². The highest BCUT2D eigenvalue weighted by Crippen LogP contribution is 2.20. The van der Waals surface area contributed by atoms with E-state index in [1.54, 1.807) is 0 Å². The van der Waals surface area contributed by atoms with Gasteiger partial charge in [0, 0.05) is 23.9 Å². The highest BCUT2D eigenvalue weighted by atomic mass is 32.1. The predicted molar refractivity (Wildman–Crippen MR) is 95.5 cm³/mol. The molecule has 2 aromatic rings. The summed E-state index contributed by atoms with van der Waals surface area (Å²) in [4.78, 5) is 16.2. The van der Waals surface area contributed by atoms with Crippen LogP contribution in [-0.4, -0.2) is 30.4 Å². The van der Waals surface area contributed by atoms with Gasteiger partial charge in [0.15, 0.2) is 0 Å². The Morgan fingerprint density at radius 2 is 1.91 bits per heavy atom. The molecule has 2 heterocycles. The second-order valence-corrected chi connectivity index (χ2v) is 7.19. The minimum absolute atomic E-state index is 0.186. The average Bonchev–Trinajstić information content (AvgIpc) is 3.09. The third-order valence-corrected chi connectivity index (χ3v) is 5.33. The average molecular weight is 328 g/mol. The monoisotopic (exact) mass is 328 g/mol. The van der Waals surface area contributed by atoms with Gasteiger partial charge in [-0.15, -0.1) is 11.3 Å². The summed E-state index contributed by atoms with van der Waals surface area (Å²) < 4.78 is 0. The fourth-order valence-electron chi connectivity index (χ4n) is 3.10. The number of likely N-dealkylation sites (tertiary alicyclic amines) is 1. The number of hydrogen-bond acceptors (Lipinski definition) is 3. The van der Waals surface area contributed by atoms with Gasteiger partial charge in [0.2, 0.25) is 5.91 Å². The molecule has 23 heavy (non-hydrogen) atoms. The Morgan fingerprint density at radius 1 is 1.13 bits per heavy atom. The van der Waals surface area contributed by atoms with E-state index in [4.69, 9.17) is 0 Å². The summed E-state index contributed by atoms with van der Waals surface area (Å²) in [5, 5.41) is 5.23. The minimum atomic E-state index is 0.186. The molecule has 122 valence electrons. The van der Waals surface area contributed by atoms with Crippen LogP contribution in [0.5, 0.6) is 0 Å². The fourth-order valence-corrected chi connectivity index (χ4v) is 3.84. The van der Waals surface area contributed by atoms with Crippen LogP contribution in [-0.2, 0) is 17.8 Å². The second-order valence-electron chi connectivity index (χ2n) is 6.16. The molecular formula is C19H24N2OS. The molecule has 0 radical (unpaired) electrons. The molecule has 0 unspecified atom stereocenters. The van der Waals surface area contributed by atoms with Gasteiger partial charge in [-0.25, -0.2) is 0 Å². The van der Waals surface area contributed by atoms with Crippen LogP contribution in [0.1, 0.15) is 23.3 Å². The Hall–Kier alpha value is -1.65. The highest BCUT2D eigenvalue weighted by Gasteiger charge is 2.24. The number of amides is 1. The Balaban J connectivity index is 1.36. The molecule has 1 aromatic heterocycles. The zero-order valence-corrected chi connectivity index (χ0v) is 14.2. The number of nitrogens with zero attached hydrogens (tertiary/aromatic N) is 1. The number of benzene rings is 1. The van der Waals surface area contributed by atoms with Crippen molar-refractivity contribution in [2.45, 2.75) is 25.8 Å². The van der Waals surface area contributed by atoms with Crippen molar-refractivity contribution in [3.63, 3.8) is 0 Å². The maximum atomic E-state index is 12.3. The van der Waals surface area contributed by atoms with Crippen LogP contribution < -0.4 is 5.32 Å². The summed E-state index contributed by atoms with van der Waals surface area (Å²) in [7, 11) is 0. The van der Waals surface area contributed by atoms with E-state index in [1.165, 1.54) is 10.4 Å². The first-order valence-electron chi connectivity index (χ1n) is 8.37. The van der Waals surface area contributed by atoms with E-state index in [0.29, 0.717) is 0 Å². The summed E-state index contributed by atoms with van der Waals surface area (Å²) in [5.74, 6) is 0.419. The second kappa shape index (κ2) is 8.27. The van der Waals surface area contributed by atoms with Crippen LogP contribution in [0.15, 0.2) is 47.8 Å². The number of thiophene rings is 1. The van der Waals surface area contributed by atoms with Crippen LogP contribution in [0, 0.1) is 5.92 Å². The fraction of sp³-hybridized carbons (Fsp3) is 0.421. The minimum Gasteiger partial charge on any atom is -0.356 e. The lowest BCUT2D eigenvalue weighted by atomic mass is 9.96. The zero-order chi connectivity index (χ0) is 15.9. The largest absolute Gasteiger partial charge is 0.356 e. The first-order chi connectivity index (χ1) is 11.3. The standard InChI is InChI=1S/C19H24N2OS/c22-19(20-11-8-16-5-2-1-3-6-16)17-9-12-21(13-10-17)15-18-7-4-14-23-18/h1-7,14,17H,8-13,15H2,(H,20,22). The maximum absolute atomic E-state index is 12.3. The van der Waals surface area contributed by atoms with E-state index < -0.39 is 0 Å². The molecule has 1 saturated heterocycles. The van der Waals surface area contributed by atoms with E-state index in [2.05, 4.69) is 39.9 Å². The van der Waals surface area contributed by atoms with Crippen molar-refractivity contribution in [2.24, 2.45) is 5.92 Å². The molecule has 0 atom stereocenters. The lowest BCUT2D eigenvalue weighted by Crippen LogP contribution is -2.40.